The third kappa shape index (κ3) is 12.6. The number of halogens is 1. The van der Waals surface area contributed by atoms with Crippen LogP contribution in [0.4, 0.5) is 0 Å². The molecule has 0 aromatic carbocycles. The zero-order chi connectivity index (χ0) is 13.5. The molecule has 0 aromatic heterocycles. The van der Waals surface area contributed by atoms with Crippen LogP contribution in [0, 0.1) is 0 Å². The fourth-order valence-electron chi connectivity index (χ4n) is 1.91. The van der Waals surface area contributed by atoms with Crippen molar-refractivity contribution in [3.63, 3.8) is 0 Å². The summed E-state index contributed by atoms with van der Waals surface area (Å²) < 4.78 is 10.3. The smallest absolute Gasteiger partial charge is 0.156 e. The lowest BCUT2D eigenvalue weighted by atomic mass is 10.1. The first-order chi connectivity index (χ1) is 8.85. The first-order valence-corrected chi connectivity index (χ1v) is 8.23. The number of hydrogen-bond acceptors (Lipinski definition) is 2. The Bertz CT molecular complexity index is 179. The van der Waals surface area contributed by atoms with Gasteiger partial charge in [0, 0.05) is 19.5 Å². The third-order valence-electron chi connectivity index (χ3n) is 3.03. The minimum absolute atomic E-state index is 0.00966. The molecule has 0 aromatic rings. The highest BCUT2D eigenvalue weighted by atomic mass is 79.9. The van der Waals surface area contributed by atoms with E-state index in [-0.39, 0.29) is 6.29 Å². The Morgan fingerprint density at radius 1 is 0.833 bits per heavy atom. The molecular formula is C15H29BrO2. The van der Waals surface area contributed by atoms with E-state index < -0.39 is 0 Å². The fraction of sp³-hybridized carbons (Fsp3) is 0.867. The van der Waals surface area contributed by atoms with Crippen LogP contribution in [0.15, 0.2) is 12.2 Å². The van der Waals surface area contributed by atoms with Gasteiger partial charge < -0.3 is 9.47 Å². The maximum absolute atomic E-state index is 5.16. The van der Waals surface area contributed by atoms with Crippen LogP contribution in [0.25, 0.3) is 0 Å². The summed E-state index contributed by atoms with van der Waals surface area (Å²) in [5.41, 5.74) is 0. The molecule has 3 heteroatoms. The van der Waals surface area contributed by atoms with Crippen LogP contribution >= 0.6 is 15.9 Å². The lowest BCUT2D eigenvalue weighted by Gasteiger charge is -2.12. The molecule has 0 radical (unpaired) electrons. The van der Waals surface area contributed by atoms with Crippen molar-refractivity contribution in [1.82, 2.24) is 0 Å². The Labute approximate surface area is 121 Å². The number of allylic oxidation sites excluding steroid dienone is 2. The third-order valence-corrected chi connectivity index (χ3v) is 3.49. The Hall–Kier alpha value is 0.140. The van der Waals surface area contributed by atoms with Crippen LogP contribution in [0.3, 0.4) is 0 Å². The van der Waals surface area contributed by atoms with Crippen molar-refractivity contribution in [2.75, 3.05) is 19.5 Å². The SMILES string of the molecule is COC(CCCCCCCC/C=C\CCBr)OC. The van der Waals surface area contributed by atoms with E-state index in [1.807, 2.05) is 0 Å². The van der Waals surface area contributed by atoms with Crippen molar-refractivity contribution in [3.8, 4) is 0 Å². The van der Waals surface area contributed by atoms with E-state index >= 15 is 0 Å². The van der Waals surface area contributed by atoms with Crippen LogP contribution in [-0.4, -0.2) is 25.8 Å². The van der Waals surface area contributed by atoms with Crippen molar-refractivity contribution < 1.29 is 9.47 Å². The van der Waals surface area contributed by atoms with Gasteiger partial charge >= 0.3 is 0 Å². The average molecular weight is 321 g/mol. The first-order valence-electron chi connectivity index (χ1n) is 7.11. The topological polar surface area (TPSA) is 18.5 Å². The van der Waals surface area contributed by atoms with E-state index in [4.69, 9.17) is 9.47 Å². The van der Waals surface area contributed by atoms with Gasteiger partial charge in [-0.05, 0) is 32.1 Å². The Morgan fingerprint density at radius 3 is 2.00 bits per heavy atom. The minimum Gasteiger partial charge on any atom is -0.356 e. The van der Waals surface area contributed by atoms with Gasteiger partial charge in [0.15, 0.2) is 6.29 Å². The summed E-state index contributed by atoms with van der Waals surface area (Å²) in [7, 11) is 3.41. The van der Waals surface area contributed by atoms with Crippen LogP contribution < -0.4 is 0 Å². The van der Waals surface area contributed by atoms with E-state index in [1.54, 1.807) is 14.2 Å². The molecule has 0 amide bonds. The molecule has 0 saturated carbocycles. The number of unbranched alkanes of at least 4 members (excludes halogenated alkanes) is 6. The standard InChI is InChI=1S/C15H29BrO2/c1-17-15(18-2)13-11-9-7-5-3-4-6-8-10-12-14-16/h8,10,15H,3-7,9,11-14H2,1-2H3/b10-8-. The maximum Gasteiger partial charge on any atom is 0.156 e. The van der Waals surface area contributed by atoms with E-state index in [0.29, 0.717) is 0 Å². The summed E-state index contributed by atoms with van der Waals surface area (Å²) in [6.07, 6.45) is 15.9. The second-order valence-electron chi connectivity index (χ2n) is 4.55. The Morgan fingerprint density at radius 2 is 1.39 bits per heavy atom. The monoisotopic (exact) mass is 320 g/mol. The summed E-state index contributed by atoms with van der Waals surface area (Å²) in [5.74, 6) is 0. The van der Waals surface area contributed by atoms with Crippen LogP contribution in [0.1, 0.15) is 57.8 Å². The number of ether oxygens (including phenoxy) is 2. The zero-order valence-electron chi connectivity index (χ0n) is 12.0. The molecule has 0 heterocycles. The van der Waals surface area contributed by atoms with E-state index in [2.05, 4.69) is 28.1 Å². The number of hydrogen-bond donors (Lipinski definition) is 0. The molecule has 108 valence electrons. The van der Waals surface area contributed by atoms with E-state index in [9.17, 15) is 0 Å². The predicted octanol–water partition coefficient (Wildman–Crippen LogP) is 5.07. The van der Waals surface area contributed by atoms with E-state index in [0.717, 1.165) is 18.2 Å². The Kier molecular flexibility index (Phi) is 15.3. The molecule has 0 fully saturated rings. The highest BCUT2D eigenvalue weighted by Crippen LogP contribution is 2.11. The summed E-state index contributed by atoms with van der Waals surface area (Å²) in [6, 6.07) is 0. The fourth-order valence-corrected chi connectivity index (χ4v) is 2.18. The summed E-state index contributed by atoms with van der Waals surface area (Å²) >= 11 is 3.42. The molecule has 0 aliphatic heterocycles. The van der Waals surface area contributed by atoms with Crippen LogP contribution in [0.2, 0.25) is 0 Å². The van der Waals surface area contributed by atoms with Gasteiger partial charge in [0.2, 0.25) is 0 Å². The molecule has 2 nitrogen and oxygen atoms in total. The van der Waals surface area contributed by atoms with Gasteiger partial charge in [0.05, 0.1) is 0 Å². The lowest BCUT2D eigenvalue weighted by Crippen LogP contribution is -2.12. The molecule has 0 rings (SSSR count). The van der Waals surface area contributed by atoms with Gasteiger partial charge in [0.25, 0.3) is 0 Å². The Balaban J connectivity index is 3.11. The molecule has 0 saturated heterocycles. The molecular weight excluding hydrogens is 292 g/mol. The summed E-state index contributed by atoms with van der Waals surface area (Å²) in [4.78, 5) is 0. The highest BCUT2D eigenvalue weighted by Gasteiger charge is 2.03. The van der Waals surface area contributed by atoms with Gasteiger partial charge in [-0.3, -0.25) is 0 Å². The van der Waals surface area contributed by atoms with Crippen LogP contribution in [0.5, 0.6) is 0 Å². The zero-order valence-corrected chi connectivity index (χ0v) is 13.6. The van der Waals surface area contributed by atoms with Gasteiger partial charge in [-0.15, -0.1) is 0 Å². The first kappa shape index (κ1) is 18.1. The molecule has 0 aliphatic rings. The van der Waals surface area contributed by atoms with Gasteiger partial charge in [-0.2, -0.15) is 0 Å². The maximum atomic E-state index is 5.16. The molecule has 0 N–H and O–H groups in total. The number of rotatable bonds is 13. The van der Waals surface area contributed by atoms with Crippen molar-refractivity contribution >= 4 is 15.9 Å². The molecule has 0 spiro atoms. The highest BCUT2D eigenvalue weighted by molar-refractivity contribution is 9.09. The normalized spacial score (nSPS) is 11.8. The van der Waals surface area contributed by atoms with Crippen LogP contribution in [-0.2, 0) is 9.47 Å². The number of methoxy groups -OCH3 is 2. The lowest BCUT2D eigenvalue weighted by molar-refractivity contribution is -0.107. The summed E-state index contributed by atoms with van der Waals surface area (Å²) in [6.45, 7) is 0. The molecule has 0 atom stereocenters. The van der Waals surface area contributed by atoms with Crippen molar-refractivity contribution in [1.29, 1.82) is 0 Å². The molecule has 0 unspecified atom stereocenters. The molecule has 18 heavy (non-hydrogen) atoms. The second kappa shape index (κ2) is 15.2. The average Bonchev–Trinajstić information content (AvgIpc) is 2.40. The van der Waals surface area contributed by atoms with Crippen molar-refractivity contribution in [3.05, 3.63) is 12.2 Å². The van der Waals surface area contributed by atoms with Crippen molar-refractivity contribution in [2.45, 2.75) is 64.1 Å². The predicted molar refractivity (Wildman–Crippen MR) is 82.3 cm³/mol. The summed E-state index contributed by atoms with van der Waals surface area (Å²) in [5, 5.41) is 1.08. The second-order valence-corrected chi connectivity index (χ2v) is 5.34. The van der Waals surface area contributed by atoms with Gasteiger partial charge in [0.1, 0.15) is 0 Å². The minimum atomic E-state index is -0.00966. The largest absolute Gasteiger partial charge is 0.356 e. The van der Waals surface area contributed by atoms with Gasteiger partial charge in [-0.1, -0.05) is 53.8 Å². The molecule has 0 bridgehead atoms. The van der Waals surface area contributed by atoms with Crippen molar-refractivity contribution in [2.24, 2.45) is 0 Å². The molecule has 0 aliphatic carbocycles. The van der Waals surface area contributed by atoms with E-state index in [1.165, 1.54) is 44.9 Å². The van der Waals surface area contributed by atoms with Gasteiger partial charge in [-0.25, -0.2) is 0 Å². The number of alkyl halides is 1. The quantitative estimate of drug-likeness (QED) is 0.204.